The van der Waals surface area contributed by atoms with Crippen molar-refractivity contribution in [2.45, 2.75) is 6.92 Å². The van der Waals surface area contributed by atoms with E-state index in [2.05, 4.69) is 4.72 Å². The third-order valence-electron chi connectivity index (χ3n) is 1.80. The van der Waals surface area contributed by atoms with E-state index in [1.54, 1.807) is 12.1 Å². The molecule has 0 spiro atoms. The van der Waals surface area contributed by atoms with E-state index in [-0.39, 0.29) is 11.3 Å². The second-order valence-corrected chi connectivity index (χ2v) is 4.96. The topological polar surface area (TPSA) is 89.3 Å². The largest absolute Gasteiger partial charge is 0.366 e. The number of nitrogens with one attached hydrogen (secondary N) is 1. The number of sulfonamides is 1. The van der Waals surface area contributed by atoms with Gasteiger partial charge in [-0.2, -0.15) is 0 Å². The molecule has 0 fully saturated rings. The smallest absolute Gasteiger partial charge is 0.248 e. The zero-order valence-electron chi connectivity index (χ0n) is 8.23. The van der Waals surface area contributed by atoms with Crippen LogP contribution >= 0.6 is 0 Å². The minimum absolute atomic E-state index is 0.0200. The van der Waals surface area contributed by atoms with Gasteiger partial charge in [0.1, 0.15) is 0 Å². The van der Waals surface area contributed by atoms with Gasteiger partial charge >= 0.3 is 0 Å². The molecule has 0 unspecified atom stereocenters. The average molecular weight is 228 g/mol. The second kappa shape index (κ2) is 4.31. The number of carbonyl (C=O) groups excluding carboxylic acids is 1. The molecule has 0 radical (unpaired) electrons. The predicted molar refractivity (Wildman–Crippen MR) is 58.0 cm³/mol. The summed E-state index contributed by atoms with van der Waals surface area (Å²) in [5, 5.41) is 0. The summed E-state index contributed by atoms with van der Waals surface area (Å²) in [5.41, 5.74) is 5.67. The van der Waals surface area contributed by atoms with Gasteiger partial charge in [-0.15, -0.1) is 0 Å². The van der Waals surface area contributed by atoms with Crippen LogP contribution in [0.5, 0.6) is 0 Å². The zero-order valence-corrected chi connectivity index (χ0v) is 9.04. The van der Waals surface area contributed by atoms with E-state index >= 15 is 0 Å². The number of hydrogen-bond acceptors (Lipinski definition) is 3. The van der Waals surface area contributed by atoms with Crippen molar-refractivity contribution in [1.29, 1.82) is 0 Å². The van der Waals surface area contributed by atoms with Crippen molar-refractivity contribution in [2.24, 2.45) is 5.73 Å². The number of hydrogen-bond donors (Lipinski definition) is 2. The summed E-state index contributed by atoms with van der Waals surface area (Å²) < 4.78 is 24.8. The van der Waals surface area contributed by atoms with Crippen LogP contribution in [-0.2, 0) is 10.0 Å². The quantitative estimate of drug-likeness (QED) is 0.788. The number of benzene rings is 1. The molecule has 0 aliphatic heterocycles. The summed E-state index contributed by atoms with van der Waals surface area (Å²) in [5.74, 6) is -0.610. The van der Waals surface area contributed by atoms with Gasteiger partial charge in [-0.05, 0) is 25.1 Å². The van der Waals surface area contributed by atoms with Crippen molar-refractivity contribution in [2.75, 3.05) is 10.5 Å². The van der Waals surface area contributed by atoms with E-state index in [4.69, 9.17) is 5.73 Å². The molecule has 3 N–H and O–H groups in total. The highest BCUT2D eigenvalue weighted by Gasteiger charge is 2.07. The van der Waals surface area contributed by atoms with Crippen molar-refractivity contribution in [1.82, 2.24) is 0 Å². The lowest BCUT2D eigenvalue weighted by Gasteiger charge is -2.06. The van der Waals surface area contributed by atoms with E-state index in [1.807, 2.05) is 0 Å². The number of nitrogens with two attached hydrogens (primary N) is 1. The highest BCUT2D eigenvalue weighted by molar-refractivity contribution is 7.92. The Morgan fingerprint density at radius 1 is 1.47 bits per heavy atom. The molecule has 0 aliphatic rings. The summed E-state index contributed by atoms with van der Waals surface area (Å²) in [4.78, 5) is 10.8. The Bertz CT molecular complexity index is 468. The predicted octanol–water partition coefficient (Wildman–Crippen LogP) is 0.547. The Labute approximate surface area is 88.3 Å². The van der Waals surface area contributed by atoms with E-state index in [0.717, 1.165) is 0 Å². The van der Waals surface area contributed by atoms with Crippen molar-refractivity contribution >= 4 is 21.6 Å². The van der Waals surface area contributed by atoms with Crippen LogP contribution in [-0.4, -0.2) is 20.1 Å². The van der Waals surface area contributed by atoms with Crippen molar-refractivity contribution in [3.63, 3.8) is 0 Å². The maximum atomic E-state index is 11.2. The van der Waals surface area contributed by atoms with Crippen molar-refractivity contribution < 1.29 is 13.2 Å². The van der Waals surface area contributed by atoms with Gasteiger partial charge in [-0.25, -0.2) is 8.42 Å². The monoisotopic (exact) mass is 228 g/mol. The van der Waals surface area contributed by atoms with E-state index in [0.29, 0.717) is 5.69 Å². The minimum Gasteiger partial charge on any atom is -0.366 e. The second-order valence-electron chi connectivity index (χ2n) is 2.95. The summed E-state index contributed by atoms with van der Waals surface area (Å²) in [7, 11) is -3.32. The van der Waals surface area contributed by atoms with E-state index in [1.165, 1.54) is 19.1 Å². The van der Waals surface area contributed by atoms with E-state index < -0.39 is 15.9 Å². The van der Waals surface area contributed by atoms with Crippen molar-refractivity contribution in [3.8, 4) is 0 Å². The van der Waals surface area contributed by atoms with Gasteiger partial charge in [0.15, 0.2) is 0 Å². The fourth-order valence-electron chi connectivity index (χ4n) is 0.988. The van der Waals surface area contributed by atoms with Crippen LogP contribution in [0.2, 0.25) is 0 Å². The van der Waals surface area contributed by atoms with Gasteiger partial charge in [0.2, 0.25) is 15.9 Å². The summed E-state index contributed by atoms with van der Waals surface area (Å²) >= 11 is 0. The van der Waals surface area contributed by atoms with Gasteiger partial charge in [0.25, 0.3) is 0 Å². The molecule has 6 heteroatoms. The normalized spacial score (nSPS) is 11.0. The van der Waals surface area contributed by atoms with Crippen LogP contribution in [0.4, 0.5) is 5.69 Å². The van der Waals surface area contributed by atoms with Gasteiger partial charge < -0.3 is 5.73 Å². The first-order valence-electron chi connectivity index (χ1n) is 4.35. The molecule has 15 heavy (non-hydrogen) atoms. The number of anilines is 1. The molecule has 1 amide bonds. The first-order chi connectivity index (χ1) is 6.94. The molecule has 0 atom stereocenters. The molecule has 1 rings (SSSR count). The summed E-state index contributed by atoms with van der Waals surface area (Å²) in [6.07, 6.45) is 0. The van der Waals surface area contributed by atoms with Crippen LogP contribution in [0, 0.1) is 0 Å². The van der Waals surface area contributed by atoms with Crippen molar-refractivity contribution in [3.05, 3.63) is 29.8 Å². The first kappa shape index (κ1) is 11.5. The molecule has 0 aromatic heterocycles. The summed E-state index contributed by atoms with van der Waals surface area (Å²) in [6.45, 7) is 1.53. The highest BCUT2D eigenvalue weighted by atomic mass is 32.2. The molecule has 0 heterocycles. The molecular weight excluding hydrogens is 216 g/mol. The fraction of sp³-hybridized carbons (Fsp3) is 0.222. The van der Waals surface area contributed by atoms with Gasteiger partial charge in [-0.3, -0.25) is 9.52 Å². The summed E-state index contributed by atoms with van der Waals surface area (Å²) in [6, 6.07) is 6.04. The Balaban J connectivity index is 2.97. The van der Waals surface area contributed by atoms with Crippen LogP contribution in [0.1, 0.15) is 17.3 Å². The number of primary amides is 1. The van der Waals surface area contributed by atoms with Crippen LogP contribution < -0.4 is 10.5 Å². The third-order valence-corrected chi connectivity index (χ3v) is 3.11. The average Bonchev–Trinajstić information content (AvgIpc) is 2.17. The molecule has 5 nitrogen and oxygen atoms in total. The lowest BCUT2D eigenvalue weighted by atomic mass is 10.2. The van der Waals surface area contributed by atoms with Gasteiger partial charge in [0.05, 0.1) is 5.75 Å². The Kier molecular flexibility index (Phi) is 3.31. The molecule has 0 saturated carbocycles. The molecular formula is C9H12N2O3S. The molecule has 0 bridgehead atoms. The van der Waals surface area contributed by atoms with Crippen LogP contribution in [0.25, 0.3) is 0 Å². The van der Waals surface area contributed by atoms with E-state index in [9.17, 15) is 13.2 Å². The van der Waals surface area contributed by atoms with Crippen LogP contribution in [0.15, 0.2) is 24.3 Å². The number of amides is 1. The number of rotatable bonds is 4. The first-order valence-corrected chi connectivity index (χ1v) is 6.00. The minimum atomic E-state index is -3.32. The molecule has 1 aromatic carbocycles. The SMILES string of the molecule is CCS(=O)(=O)Nc1cccc(C(N)=O)c1. The maximum absolute atomic E-state index is 11.2. The molecule has 1 aromatic rings. The lowest BCUT2D eigenvalue weighted by Crippen LogP contribution is -2.16. The van der Waals surface area contributed by atoms with Gasteiger partial charge in [0, 0.05) is 11.3 Å². The molecule has 0 aliphatic carbocycles. The Hall–Kier alpha value is -1.56. The van der Waals surface area contributed by atoms with Gasteiger partial charge in [-0.1, -0.05) is 6.07 Å². The molecule has 82 valence electrons. The maximum Gasteiger partial charge on any atom is 0.248 e. The third kappa shape index (κ3) is 3.25. The Morgan fingerprint density at radius 3 is 2.67 bits per heavy atom. The fourth-order valence-corrected chi connectivity index (χ4v) is 1.62. The lowest BCUT2D eigenvalue weighted by molar-refractivity contribution is 0.100. The standard InChI is InChI=1S/C9H12N2O3S/c1-2-15(13,14)11-8-5-3-4-7(6-8)9(10)12/h3-6,11H,2H2,1H3,(H2,10,12). The number of carbonyl (C=O) groups is 1. The molecule has 0 saturated heterocycles. The highest BCUT2D eigenvalue weighted by Crippen LogP contribution is 2.11. The zero-order chi connectivity index (χ0) is 11.5. The Morgan fingerprint density at radius 2 is 2.13 bits per heavy atom. The van der Waals surface area contributed by atoms with Crippen LogP contribution in [0.3, 0.4) is 0 Å².